The molecule has 0 aliphatic rings. The summed E-state index contributed by atoms with van der Waals surface area (Å²) < 4.78 is 65.0. The zero-order valence-corrected chi connectivity index (χ0v) is 15.4. The van der Waals surface area contributed by atoms with Gasteiger partial charge in [0.05, 0.1) is 5.69 Å². The van der Waals surface area contributed by atoms with Crippen LogP contribution >= 0.6 is 0 Å². The zero-order chi connectivity index (χ0) is 20.7. The highest BCUT2D eigenvalue weighted by molar-refractivity contribution is 7.86. The predicted octanol–water partition coefficient (Wildman–Crippen LogP) is 3.15. The maximum Gasteiger partial charge on any atom is 0.296 e. The lowest BCUT2D eigenvalue weighted by Gasteiger charge is -2.09. The molecule has 2 radical (unpaired) electrons. The number of azo groups is 1. The van der Waals surface area contributed by atoms with E-state index in [4.69, 9.17) is 0 Å². The minimum absolute atomic E-state index is 0.0993. The number of hydrogen-bond donors (Lipinski definition) is 3. The first kappa shape index (κ1) is 19.7. The van der Waals surface area contributed by atoms with E-state index >= 15 is 0 Å². The number of fused-ring (bicyclic) bond motifs is 1. The summed E-state index contributed by atoms with van der Waals surface area (Å²) in [4.78, 5) is -1.39. The molecule has 12 heteroatoms. The Morgan fingerprint density at radius 2 is 1.46 bits per heavy atom. The molecule has 0 bridgehead atoms. The number of aromatic hydroxyl groups is 1. The minimum Gasteiger partial charge on any atom is -0.505 e. The van der Waals surface area contributed by atoms with Gasteiger partial charge in [-0.25, -0.2) is 0 Å². The van der Waals surface area contributed by atoms with Crippen molar-refractivity contribution < 1.29 is 31.0 Å². The predicted molar refractivity (Wildman–Crippen MR) is 97.7 cm³/mol. The zero-order valence-electron chi connectivity index (χ0n) is 13.8. The normalized spacial score (nSPS) is 12.6. The first-order valence-electron chi connectivity index (χ1n) is 7.43. The van der Waals surface area contributed by atoms with Crippen LogP contribution in [-0.2, 0) is 20.2 Å². The molecule has 10 nitrogen and oxygen atoms in total. The Balaban J connectivity index is 2.28. The van der Waals surface area contributed by atoms with Crippen LogP contribution in [0.4, 0.5) is 17.1 Å². The number of phenols is 1. The van der Waals surface area contributed by atoms with Crippen LogP contribution in [0.2, 0.25) is 0 Å². The summed E-state index contributed by atoms with van der Waals surface area (Å²) in [5.41, 5.74) is 8.35. The van der Waals surface area contributed by atoms with Gasteiger partial charge in [-0.2, -0.15) is 22.6 Å². The second-order valence-corrected chi connectivity index (χ2v) is 8.38. The van der Waals surface area contributed by atoms with Crippen molar-refractivity contribution in [2.75, 3.05) is 0 Å². The summed E-state index contributed by atoms with van der Waals surface area (Å²) in [5, 5.41) is 17.8. The Hall–Kier alpha value is -3.06. The van der Waals surface area contributed by atoms with Crippen LogP contribution in [0.5, 0.6) is 5.75 Å². The van der Waals surface area contributed by atoms with Gasteiger partial charge in [0.2, 0.25) is 0 Å². The van der Waals surface area contributed by atoms with E-state index in [0.717, 1.165) is 18.2 Å². The Morgan fingerprint density at radius 3 is 2.11 bits per heavy atom. The van der Waals surface area contributed by atoms with Crippen molar-refractivity contribution in [3.05, 3.63) is 48.5 Å². The first-order valence-corrected chi connectivity index (χ1v) is 10.3. The van der Waals surface area contributed by atoms with Crippen LogP contribution in [0.1, 0.15) is 0 Å². The van der Waals surface area contributed by atoms with Crippen molar-refractivity contribution in [1.29, 1.82) is 0 Å². The van der Waals surface area contributed by atoms with Gasteiger partial charge in [0.15, 0.2) is 5.75 Å². The van der Waals surface area contributed by atoms with Crippen molar-refractivity contribution in [2.24, 2.45) is 10.2 Å². The molecule has 0 atom stereocenters. The van der Waals surface area contributed by atoms with Gasteiger partial charge < -0.3 is 5.11 Å². The lowest BCUT2D eigenvalue weighted by molar-refractivity contribution is 0.472. The standard InChI is InChI=1S/C16H11N3O7S2/c17-10-5-6-11-9(7-10)8-14(28(24,25)26)15(16(11)20)19-18-12-3-1-2-4-13(12)27(21,22)23/h1-8,20H,(H,21,22,23)(H,24,25,26). The van der Waals surface area contributed by atoms with Gasteiger partial charge in [0.1, 0.15) is 21.2 Å². The Bertz CT molecular complexity index is 1330. The van der Waals surface area contributed by atoms with Gasteiger partial charge in [-0.15, -0.1) is 10.2 Å². The fourth-order valence-electron chi connectivity index (χ4n) is 2.49. The fraction of sp³-hybridized carbons (Fsp3) is 0. The molecule has 0 unspecified atom stereocenters. The van der Waals surface area contributed by atoms with Gasteiger partial charge in [-0.05, 0) is 41.8 Å². The Morgan fingerprint density at radius 1 is 0.821 bits per heavy atom. The summed E-state index contributed by atoms with van der Waals surface area (Å²) in [6.45, 7) is 0. The number of benzene rings is 3. The van der Waals surface area contributed by atoms with Crippen LogP contribution in [0, 0.1) is 0 Å². The van der Waals surface area contributed by atoms with E-state index in [0.29, 0.717) is 0 Å². The quantitative estimate of drug-likeness (QED) is 0.428. The van der Waals surface area contributed by atoms with Crippen LogP contribution in [0.15, 0.2) is 68.6 Å². The van der Waals surface area contributed by atoms with E-state index in [2.05, 4.69) is 10.2 Å². The molecule has 3 aromatic rings. The van der Waals surface area contributed by atoms with E-state index in [1.807, 2.05) is 0 Å². The minimum atomic E-state index is -4.87. The monoisotopic (exact) mass is 421 g/mol. The van der Waals surface area contributed by atoms with Crippen LogP contribution in [-0.4, -0.2) is 31.0 Å². The molecule has 3 N–H and O–H groups in total. The molecular weight excluding hydrogens is 410 g/mol. The molecule has 0 saturated carbocycles. The van der Waals surface area contributed by atoms with Crippen molar-refractivity contribution >= 4 is 48.1 Å². The average Bonchev–Trinajstić information content (AvgIpc) is 2.59. The summed E-state index contributed by atoms with van der Waals surface area (Å²) in [7, 11) is -9.50. The highest BCUT2D eigenvalue weighted by Crippen LogP contribution is 2.42. The lowest BCUT2D eigenvalue weighted by atomic mass is 10.1. The van der Waals surface area contributed by atoms with Gasteiger partial charge in [0.25, 0.3) is 20.2 Å². The summed E-state index contributed by atoms with van der Waals surface area (Å²) in [5.74, 6) is -0.668. The van der Waals surface area contributed by atoms with Gasteiger partial charge >= 0.3 is 0 Å². The second-order valence-electron chi connectivity index (χ2n) is 5.60. The highest BCUT2D eigenvalue weighted by Gasteiger charge is 2.22. The number of hydrogen-bond acceptors (Lipinski definition) is 7. The SMILES string of the molecule is [N]c1ccc2c(O)c(N=Nc3ccccc3S(=O)(=O)O)c(S(=O)(=O)O)cc2c1. The second kappa shape index (κ2) is 6.83. The molecule has 0 fully saturated rings. The third-order valence-electron chi connectivity index (χ3n) is 3.71. The molecule has 144 valence electrons. The van der Waals surface area contributed by atoms with E-state index in [1.54, 1.807) is 0 Å². The van der Waals surface area contributed by atoms with Gasteiger partial charge in [0, 0.05) is 5.39 Å². The molecule has 0 aliphatic heterocycles. The number of phenolic OH excluding ortho intramolecular Hbond substituents is 1. The van der Waals surface area contributed by atoms with E-state index < -0.39 is 41.5 Å². The molecule has 0 aromatic heterocycles. The smallest absolute Gasteiger partial charge is 0.296 e. The van der Waals surface area contributed by atoms with E-state index in [9.17, 15) is 36.8 Å². The molecule has 3 aromatic carbocycles. The van der Waals surface area contributed by atoms with Crippen molar-refractivity contribution in [3.8, 4) is 5.75 Å². The van der Waals surface area contributed by atoms with Crippen molar-refractivity contribution in [1.82, 2.24) is 5.73 Å². The third kappa shape index (κ3) is 3.80. The lowest BCUT2D eigenvalue weighted by Crippen LogP contribution is -1.99. The number of nitrogens with zero attached hydrogens (tertiary/aromatic N) is 3. The Labute approximate surface area is 159 Å². The molecular formula is C16H11N3O7S2. The van der Waals surface area contributed by atoms with Crippen LogP contribution < -0.4 is 5.73 Å². The summed E-state index contributed by atoms with van der Waals surface area (Å²) >= 11 is 0. The maximum absolute atomic E-state index is 11.7. The van der Waals surface area contributed by atoms with E-state index in [-0.39, 0.29) is 22.1 Å². The van der Waals surface area contributed by atoms with Gasteiger partial charge in [-0.1, -0.05) is 12.1 Å². The summed E-state index contributed by atoms with van der Waals surface area (Å²) in [6, 6.07) is 9.63. The van der Waals surface area contributed by atoms with Gasteiger partial charge in [-0.3, -0.25) is 9.11 Å². The van der Waals surface area contributed by atoms with Crippen molar-refractivity contribution in [2.45, 2.75) is 9.79 Å². The molecule has 0 aliphatic carbocycles. The summed E-state index contributed by atoms with van der Waals surface area (Å²) in [6.07, 6.45) is 0. The molecule has 0 amide bonds. The molecule has 3 rings (SSSR count). The first-order chi connectivity index (χ1) is 13.0. The fourth-order valence-corrected chi connectivity index (χ4v) is 3.78. The largest absolute Gasteiger partial charge is 0.505 e. The van der Waals surface area contributed by atoms with Crippen LogP contribution in [0.3, 0.4) is 0 Å². The van der Waals surface area contributed by atoms with Crippen molar-refractivity contribution in [3.63, 3.8) is 0 Å². The maximum atomic E-state index is 11.7. The molecule has 0 heterocycles. The average molecular weight is 421 g/mol. The van der Waals surface area contributed by atoms with Crippen LogP contribution in [0.25, 0.3) is 10.8 Å². The topological polar surface area (TPSA) is 176 Å². The molecule has 0 spiro atoms. The molecule has 0 saturated heterocycles. The van der Waals surface area contributed by atoms with E-state index in [1.165, 1.54) is 30.3 Å². The molecule has 28 heavy (non-hydrogen) atoms. The third-order valence-corrected chi connectivity index (χ3v) is 5.48. The Kier molecular flexibility index (Phi) is 4.81. The highest BCUT2D eigenvalue weighted by atomic mass is 32.2. The number of rotatable bonds is 4.